The van der Waals surface area contributed by atoms with Gasteiger partial charge in [-0.2, -0.15) is 0 Å². The highest BCUT2D eigenvalue weighted by molar-refractivity contribution is 8.18. The number of nitrogens with one attached hydrogen (secondary N) is 1. The molecule has 0 aliphatic carbocycles. The molecule has 2 rings (SSSR count). The van der Waals surface area contributed by atoms with E-state index in [2.05, 4.69) is 15.0 Å². The van der Waals surface area contributed by atoms with Crippen molar-refractivity contribution < 1.29 is 23.9 Å². The van der Waals surface area contributed by atoms with Gasteiger partial charge < -0.3 is 10.1 Å². The SMILES string of the molecule is COC(=O)C(=O)NCCN1C(=O)S/C(=C\c2cccnc2)C1=O. The van der Waals surface area contributed by atoms with E-state index in [1.165, 1.54) is 0 Å². The van der Waals surface area contributed by atoms with Gasteiger partial charge in [0.2, 0.25) is 0 Å². The smallest absolute Gasteiger partial charge is 0.396 e. The van der Waals surface area contributed by atoms with Crippen molar-refractivity contribution in [3.05, 3.63) is 35.0 Å². The van der Waals surface area contributed by atoms with Crippen molar-refractivity contribution in [2.45, 2.75) is 0 Å². The number of thioether (sulfide) groups is 1. The molecule has 0 atom stereocenters. The van der Waals surface area contributed by atoms with Crippen LogP contribution in [0.4, 0.5) is 4.79 Å². The first-order chi connectivity index (χ1) is 11.0. The number of carbonyl (C=O) groups is 4. The summed E-state index contributed by atoms with van der Waals surface area (Å²) in [5.41, 5.74) is 0.706. The molecule has 1 saturated heterocycles. The second-order valence-corrected chi connectivity index (χ2v) is 5.36. The largest absolute Gasteiger partial charge is 0.462 e. The van der Waals surface area contributed by atoms with Crippen molar-refractivity contribution in [2.75, 3.05) is 20.2 Å². The van der Waals surface area contributed by atoms with E-state index in [1.807, 2.05) is 0 Å². The van der Waals surface area contributed by atoms with Crippen molar-refractivity contribution in [2.24, 2.45) is 0 Å². The minimum absolute atomic E-state index is 0.0300. The van der Waals surface area contributed by atoms with E-state index in [-0.39, 0.29) is 18.0 Å². The Kier molecular flexibility index (Phi) is 5.47. The number of hydrogen-bond donors (Lipinski definition) is 1. The molecule has 0 aromatic carbocycles. The highest BCUT2D eigenvalue weighted by Crippen LogP contribution is 2.31. The van der Waals surface area contributed by atoms with E-state index in [0.29, 0.717) is 5.56 Å². The van der Waals surface area contributed by atoms with Crippen LogP contribution in [0.25, 0.3) is 6.08 Å². The summed E-state index contributed by atoms with van der Waals surface area (Å²) >= 11 is 0.813. The summed E-state index contributed by atoms with van der Waals surface area (Å²) in [6, 6.07) is 3.48. The maximum absolute atomic E-state index is 12.2. The predicted molar refractivity (Wildman–Crippen MR) is 81.9 cm³/mol. The monoisotopic (exact) mass is 335 g/mol. The molecule has 1 fully saturated rings. The quantitative estimate of drug-likeness (QED) is 0.482. The van der Waals surface area contributed by atoms with Crippen LogP contribution in [0.15, 0.2) is 29.4 Å². The number of methoxy groups -OCH3 is 1. The van der Waals surface area contributed by atoms with Crippen LogP contribution in [0.2, 0.25) is 0 Å². The zero-order chi connectivity index (χ0) is 16.8. The Hall–Kier alpha value is -2.68. The molecule has 3 amide bonds. The molecule has 8 nitrogen and oxygen atoms in total. The molecule has 1 aliphatic rings. The lowest BCUT2D eigenvalue weighted by molar-refractivity contribution is -0.152. The molecule has 9 heteroatoms. The van der Waals surface area contributed by atoms with Crippen molar-refractivity contribution in [1.82, 2.24) is 15.2 Å². The number of pyridine rings is 1. The van der Waals surface area contributed by atoms with Gasteiger partial charge in [0.05, 0.1) is 12.0 Å². The van der Waals surface area contributed by atoms with Gasteiger partial charge in [0.1, 0.15) is 0 Å². The van der Waals surface area contributed by atoms with Crippen molar-refractivity contribution in [1.29, 1.82) is 0 Å². The van der Waals surface area contributed by atoms with Crippen molar-refractivity contribution >= 4 is 40.9 Å². The molecular formula is C14H13N3O5S. The highest BCUT2D eigenvalue weighted by Gasteiger charge is 2.34. The van der Waals surface area contributed by atoms with E-state index in [9.17, 15) is 19.2 Å². The maximum Gasteiger partial charge on any atom is 0.396 e. The van der Waals surface area contributed by atoms with Crippen LogP contribution in [0.5, 0.6) is 0 Å². The molecular weight excluding hydrogens is 322 g/mol. The number of rotatable bonds is 4. The van der Waals surface area contributed by atoms with Gasteiger partial charge in [-0.05, 0) is 29.5 Å². The standard InChI is InChI=1S/C14H13N3O5S/c1-22-13(20)11(18)16-5-6-17-12(19)10(23-14(17)21)7-9-3-2-4-15-8-9/h2-4,7-8H,5-6H2,1H3,(H,16,18)/b10-7-. The third-order valence-electron chi connectivity index (χ3n) is 2.85. The summed E-state index contributed by atoms with van der Waals surface area (Å²) < 4.78 is 4.24. The fourth-order valence-electron chi connectivity index (χ4n) is 1.75. The molecule has 0 spiro atoms. The van der Waals surface area contributed by atoms with Gasteiger partial charge in [-0.15, -0.1) is 0 Å². The molecule has 1 aromatic heterocycles. The first kappa shape index (κ1) is 16.7. The molecule has 120 valence electrons. The van der Waals surface area contributed by atoms with Crippen LogP contribution in [-0.2, 0) is 19.1 Å². The Balaban J connectivity index is 1.95. The number of nitrogens with zero attached hydrogens (tertiary/aromatic N) is 2. The second-order valence-electron chi connectivity index (χ2n) is 4.37. The predicted octanol–water partition coefficient (Wildman–Crippen LogP) is 0.407. The van der Waals surface area contributed by atoms with Crippen LogP contribution in [-0.4, -0.2) is 53.1 Å². The van der Waals surface area contributed by atoms with Gasteiger partial charge in [-0.1, -0.05) is 6.07 Å². The summed E-state index contributed by atoms with van der Waals surface area (Å²) in [6.07, 6.45) is 4.75. The van der Waals surface area contributed by atoms with E-state index >= 15 is 0 Å². The van der Waals surface area contributed by atoms with Crippen molar-refractivity contribution in [3.8, 4) is 0 Å². The average Bonchev–Trinajstić information content (AvgIpc) is 2.82. The van der Waals surface area contributed by atoms with E-state index in [1.54, 1.807) is 30.6 Å². The average molecular weight is 335 g/mol. The molecule has 2 heterocycles. The minimum atomic E-state index is -1.03. The molecule has 23 heavy (non-hydrogen) atoms. The first-order valence-electron chi connectivity index (χ1n) is 6.54. The number of ether oxygens (including phenoxy) is 1. The Morgan fingerprint density at radius 1 is 1.43 bits per heavy atom. The highest BCUT2D eigenvalue weighted by atomic mass is 32.2. The van der Waals surface area contributed by atoms with Crippen LogP contribution in [0.1, 0.15) is 5.56 Å². The molecule has 0 radical (unpaired) electrons. The third-order valence-corrected chi connectivity index (χ3v) is 3.75. The third kappa shape index (κ3) is 4.16. The van der Waals surface area contributed by atoms with Gasteiger partial charge in [-0.3, -0.25) is 24.3 Å². The van der Waals surface area contributed by atoms with Crippen LogP contribution in [0, 0.1) is 0 Å². The van der Waals surface area contributed by atoms with Gasteiger partial charge >= 0.3 is 11.9 Å². The fourth-order valence-corrected chi connectivity index (χ4v) is 2.62. The van der Waals surface area contributed by atoms with Gasteiger partial charge in [0.25, 0.3) is 11.1 Å². The fraction of sp³-hybridized carbons (Fsp3) is 0.214. The van der Waals surface area contributed by atoms with Crippen LogP contribution < -0.4 is 5.32 Å². The normalized spacial score (nSPS) is 15.9. The zero-order valence-electron chi connectivity index (χ0n) is 12.1. The van der Waals surface area contributed by atoms with Crippen molar-refractivity contribution in [3.63, 3.8) is 0 Å². The lowest BCUT2D eigenvalue weighted by Gasteiger charge is -2.12. The number of esters is 1. The van der Waals surface area contributed by atoms with E-state index < -0.39 is 23.0 Å². The second kappa shape index (κ2) is 7.54. The lowest BCUT2D eigenvalue weighted by atomic mass is 10.2. The Bertz CT molecular complexity index is 674. The lowest BCUT2D eigenvalue weighted by Crippen LogP contribution is -2.39. The van der Waals surface area contributed by atoms with Gasteiger partial charge in [-0.25, -0.2) is 4.79 Å². The Labute approximate surface area is 135 Å². The van der Waals surface area contributed by atoms with Crippen LogP contribution in [0.3, 0.4) is 0 Å². The molecule has 0 bridgehead atoms. The molecule has 1 N–H and O–H groups in total. The Morgan fingerprint density at radius 2 is 2.22 bits per heavy atom. The molecule has 0 saturated carbocycles. The number of amides is 3. The summed E-state index contributed by atoms with van der Waals surface area (Å²) in [5.74, 6) is -2.41. The Morgan fingerprint density at radius 3 is 2.87 bits per heavy atom. The van der Waals surface area contributed by atoms with E-state index in [0.717, 1.165) is 23.8 Å². The number of imide groups is 1. The topological polar surface area (TPSA) is 106 Å². The molecule has 1 aromatic rings. The number of aromatic nitrogens is 1. The molecule has 1 aliphatic heterocycles. The summed E-state index contributed by atoms with van der Waals surface area (Å²) in [6.45, 7) is -0.0655. The van der Waals surface area contributed by atoms with Gasteiger partial charge in [0.15, 0.2) is 0 Å². The van der Waals surface area contributed by atoms with E-state index in [4.69, 9.17) is 0 Å². The number of carbonyl (C=O) groups excluding carboxylic acids is 4. The summed E-state index contributed by atoms with van der Waals surface area (Å²) in [4.78, 5) is 51.4. The summed E-state index contributed by atoms with van der Waals surface area (Å²) in [5, 5.41) is 1.83. The summed E-state index contributed by atoms with van der Waals surface area (Å²) in [7, 11) is 1.08. The van der Waals surface area contributed by atoms with Crippen LogP contribution >= 0.6 is 11.8 Å². The first-order valence-corrected chi connectivity index (χ1v) is 7.36. The molecule has 0 unspecified atom stereocenters. The number of hydrogen-bond acceptors (Lipinski definition) is 7. The van der Waals surface area contributed by atoms with Gasteiger partial charge in [0, 0.05) is 25.5 Å². The zero-order valence-corrected chi connectivity index (χ0v) is 13.0. The minimum Gasteiger partial charge on any atom is -0.462 e. The maximum atomic E-state index is 12.2.